The molecule has 10 aromatic carbocycles. The lowest BCUT2D eigenvalue weighted by molar-refractivity contribution is 0.669. The number of hydrogen-bond acceptors (Lipinski definition) is 3. The van der Waals surface area contributed by atoms with E-state index in [-0.39, 0.29) is 0 Å². The standard InChI is InChI=1S/C56H38N2O/c1-5-21-39(22-6-1)43-29-17-19-35-49(43)57(41-25-9-3-10-26-41)51-37-53-55(47-33-15-13-31-45(47)51)56-48-34-16-14-32-46(48)52(38-54(56)59-53)58(42-27-11-4-12-28-42)50-36-20-18-30-44(50)40-23-7-2-8-24-40/h1-38H. The number of anilines is 6. The lowest BCUT2D eigenvalue weighted by Gasteiger charge is -2.29. The molecule has 0 N–H and O–H groups in total. The van der Waals surface area contributed by atoms with Crippen molar-refractivity contribution in [2.75, 3.05) is 9.80 Å². The molecule has 0 radical (unpaired) electrons. The molecule has 3 heteroatoms. The summed E-state index contributed by atoms with van der Waals surface area (Å²) in [6, 6.07) is 82.0. The average Bonchev–Trinajstić information content (AvgIpc) is 3.70. The van der Waals surface area contributed by atoms with Gasteiger partial charge in [0.15, 0.2) is 0 Å². The molecule has 0 aliphatic rings. The van der Waals surface area contributed by atoms with Gasteiger partial charge in [-0.15, -0.1) is 0 Å². The Morgan fingerprint density at radius 1 is 0.271 bits per heavy atom. The van der Waals surface area contributed by atoms with Crippen molar-refractivity contribution in [3.05, 3.63) is 231 Å². The predicted molar refractivity (Wildman–Crippen MR) is 249 cm³/mol. The van der Waals surface area contributed by atoms with E-state index in [1.807, 2.05) is 0 Å². The van der Waals surface area contributed by atoms with Crippen molar-refractivity contribution in [2.45, 2.75) is 0 Å². The van der Waals surface area contributed by atoms with Gasteiger partial charge in [-0.1, -0.05) is 182 Å². The first-order valence-electron chi connectivity index (χ1n) is 20.1. The molecule has 11 rings (SSSR count). The molecule has 0 fully saturated rings. The molecule has 1 aromatic heterocycles. The first-order chi connectivity index (χ1) is 29.3. The third-order valence-corrected chi connectivity index (χ3v) is 11.4. The van der Waals surface area contributed by atoms with Crippen LogP contribution in [0.15, 0.2) is 235 Å². The molecule has 11 aromatic rings. The number of benzene rings is 10. The fraction of sp³-hybridized carbons (Fsp3) is 0. The summed E-state index contributed by atoms with van der Waals surface area (Å²) in [6.45, 7) is 0. The number of fused-ring (bicyclic) bond motifs is 7. The van der Waals surface area contributed by atoms with E-state index in [9.17, 15) is 0 Å². The second-order valence-corrected chi connectivity index (χ2v) is 14.8. The van der Waals surface area contributed by atoms with E-state index in [1.165, 1.54) is 0 Å². The molecule has 0 amide bonds. The Labute approximate surface area is 343 Å². The van der Waals surface area contributed by atoms with Crippen molar-refractivity contribution < 1.29 is 4.42 Å². The Morgan fingerprint density at radius 2 is 0.593 bits per heavy atom. The van der Waals surface area contributed by atoms with Crippen molar-refractivity contribution in [1.82, 2.24) is 0 Å². The van der Waals surface area contributed by atoms with Crippen molar-refractivity contribution >= 4 is 77.6 Å². The van der Waals surface area contributed by atoms with E-state index in [0.29, 0.717) is 0 Å². The minimum Gasteiger partial charge on any atom is -0.456 e. The number of para-hydroxylation sites is 4. The SMILES string of the molecule is c1ccc(-c2ccccc2N(c2ccccc2)c2cc3oc4cc(N(c5ccccc5)c5ccccc5-c5ccccc5)c5ccccc5c4c3c3ccccc23)cc1. The van der Waals surface area contributed by atoms with E-state index in [4.69, 9.17) is 4.42 Å². The molecule has 0 bridgehead atoms. The van der Waals surface area contributed by atoms with Crippen LogP contribution < -0.4 is 9.80 Å². The monoisotopic (exact) mass is 754 g/mol. The lowest BCUT2D eigenvalue weighted by Crippen LogP contribution is -2.11. The fourth-order valence-electron chi connectivity index (χ4n) is 8.86. The predicted octanol–water partition coefficient (Wildman–Crippen LogP) is 16.2. The zero-order chi connectivity index (χ0) is 39.1. The van der Waals surface area contributed by atoms with Gasteiger partial charge in [0.05, 0.1) is 22.7 Å². The summed E-state index contributed by atoms with van der Waals surface area (Å²) >= 11 is 0. The van der Waals surface area contributed by atoms with Gasteiger partial charge in [0.25, 0.3) is 0 Å². The minimum atomic E-state index is 0.838. The van der Waals surface area contributed by atoms with Gasteiger partial charge in [-0.2, -0.15) is 0 Å². The Balaban J connectivity index is 1.20. The van der Waals surface area contributed by atoms with Gasteiger partial charge in [0.2, 0.25) is 0 Å². The lowest BCUT2D eigenvalue weighted by atomic mass is 9.95. The van der Waals surface area contributed by atoms with Crippen molar-refractivity contribution in [3.63, 3.8) is 0 Å². The third kappa shape index (κ3) is 5.91. The Kier molecular flexibility index (Phi) is 8.49. The second-order valence-electron chi connectivity index (χ2n) is 14.8. The molecule has 0 atom stereocenters. The Morgan fingerprint density at radius 3 is 1.00 bits per heavy atom. The third-order valence-electron chi connectivity index (χ3n) is 11.4. The molecule has 278 valence electrons. The second kappa shape index (κ2) is 14.6. The highest BCUT2D eigenvalue weighted by atomic mass is 16.3. The first kappa shape index (κ1) is 34.4. The summed E-state index contributed by atoms with van der Waals surface area (Å²) in [5.41, 5.74) is 12.7. The smallest absolute Gasteiger partial charge is 0.138 e. The highest BCUT2D eigenvalue weighted by molar-refractivity contribution is 6.30. The van der Waals surface area contributed by atoms with E-state index in [1.54, 1.807) is 0 Å². The molecule has 0 saturated carbocycles. The minimum absolute atomic E-state index is 0.838. The summed E-state index contributed by atoms with van der Waals surface area (Å²) in [5.74, 6) is 0. The van der Waals surface area contributed by atoms with Gasteiger partial charge >= 0.3 is 0 Å². The van der Waals surface area contributed by atoms with E-state index < -0.39 is 0 Å². The highest BCUT2D eigenvalue weighted by Crippen LogP contribution is 2.50. The van der Waals surface area contributed by atoms with Crippen LogP contribution in [0.1, 0.15) is 0 Å². The zero-order valence-electron chi connectivity index (χ0n) is 32.2. The summed E-state index contributed by atoms with van der Waals surface area (Å²) in [4.78, 5) is 4.77. The molecule has 0 unspecified atom stereocenters. The maximum atomic E-state index is 7.17. The molecule has 59 heavy (non-hydrogen) atoms. The van der Waals surface area contributed by atoms with Gasteiger partial charge in [-0.05, 0) is 58.3 Å². The number of rotatable bonds is 8. The van der Waals surface area contributed by atoms with E-state index in [0.717, 1.165) is 99.9 Å². The normalized spacial score (nSPS) is 11.4. The van der Waals surface area contributed by atoms with E-state index in [2.05, 4.69) is 240 Å². The Bertz CT molecular complexity index is 3050. The number of furan rings is 1. The highest BCUT2D eigenvalue weighted by Gasteiger charge is 2.26. The van der Waals surface area contributed by atoms with Crippen LogP contribution in [0.4, 0.5) is 34.1 Å². The largest absolute Gasteiger partial charge is 0.456 e. The van der Waals surface area contributed by atoms with Crippen molar-refractivity contribution in [2.24, 2.45) is 0 Å². The average molecular weight is 755 g/mol. The van der Waals surface area contributed by atoms with Gasteiger partial charge in [-0.25, -0.2) is 0 Å². The molecule has 0 aliphatic carbocycles. The summed E-state index contributed by atoms with van der Waals surface area (Å²) in [7, 11) is 0. The van der Waals surface area contributed by atoms with Crippen LogP contribution in [0.5, 0.6) is 0 Å². The molecule has 3 nitrogen and oxygen atoms in total. The van der Waals surface area contributed by atoms with Crippen LogP contribution in [-0.4, -0.2) is 0 Å². The quantitative estimate of drug-likeness (QED) is 0.154. The van der Waals surface area contributed by atoms with Crippen LogP contribution in [0.3, 0.4) is 0 Å². The van der Waals surface area contributed by atoms with Crippen molar-refractivity contribution in [3.8, 4) is 22.3 Å². The zero-order valence-corrected chi connectivity index (χ0v) is 32.2. The van der Waals surface area contributed by atoms with Crippen molar-refractivity contribution in [1.29, 1.82) is 0 Å². The molecular weight excluding hydrogens is 717 g/mol. The summed E-state index contributed by atoms with van der Waals surface area (Å²) < 4.78 is 7.17. The topological polar surface area (TPSA) is 19.6 Å². The maximum Gasteiger partial charge on any atom is 0.138 e. The van der Waals surface area contributed by atoms with Crippen LogP contribution >= 0.6 is 0 Å². The van der Waals surface area contributed by atoms with Crippen LogP contribution in [0.2, 0.25) is 0 Å². The van der Waals surface area contributed by atoms with Crippen LogP contribution in [0.25, 0.3) is 65.7 Å². The fourth-order valence-corrected chi connectivity index (χ4v) is 8.86. The number of hydrogen-bond donors (Lipinski definition) is 0. The van der Waals surface area contributed by atoms with Gasteiger partial charge < -0.3 is 14.2 Å². The van der Waals surface area contributed by atoms with Gasteiger partial charge in [0, 0.05) is 56.2 Å². The Hall–Kier alpha value is -7.88. The van der Waals surface area contributed by atoms with Gasteiger partial charge in [-0.3, -0.25) is 0 Å². The molecular formula is C56H38N2O. The molecule has 0 spiro atoms. The summed E-state index contributed by atoms with van der Waals surface area (Å²) in [6.07, 6.45) is 0. The van der Waals surface area contributed by atoms with Crippen LogP contribution in [0, 0.1) is 0 Å². The number of nitrogens with zero attached hydrogens (tertiary/aromatic N) is 2. The molecule has 1 heterocycles. The first-order valence-corrected chi connectivity index (χ1v) is 20.1. The summed E-state index contributed by atoms with van der Waals surface area (Å²) in [5, 5.41) is 6.80. The van der Waals surface area contributed by atoms with E-state index >= 15 is 0 Å². The van der Waals surface area contributed by atoms with Crippen LogP contribution in [-0.2, 0) is 0 Å². The molecule has 0 aliphatic heterocycles. The van der Waals surface area contributed by atoms with Gasteiger partial charge in [0.1, 0.15) is 11.2 Å². The maximum absolute atomic E-state index is 7.17. The molecule has 0 saturated heterocycles.